The fourth-order valence-electron chi connectivity index (χ4n) is 1.44. The first-order chi connectivity index (χ1) is 6.38. The predicted molar refractivity (Wildman–Crippen MR) is 50.8 cm³/mol. The van der Waals surface area contributed by atoms with E-state index in [-0.39, 0.29) is 28.7 Å². The van der Waals surface area contributed by atoms with Gasteiger partial charge < -0.3 is 17.0 Å². The van der Waals surface area contributed by atoms with Gasteiger partial charge in [-0.3, -0.25) is 0 Å². The molecule has 1 rings (SSSR count). The summed E-state index contributed by atoms with van der Waals surface area (Å²) in [7, 11) is 0. The van der Waals surface area contributed by atoms with E-state index in [0.717, 1.165) is 30.4 Å². The van der Waals surface area contributed by atoms with Gasteiger partial charge in [0, 0.05) is 0 Å². The second-order valence-electron chi connectivity index (χ2n) is 4.91. The van der Waals surface area contributed by atoms with Gasteiger partial charge in [0.25, 0.3) is 0 Å². The number of nitrogens with zero attached hydrogens (tertiary/aromatic N) is 1. The Hall–Kier alpha value is 0.373. The smallest absolute Gasteiger partial charge is 1.00 e. The van der Waals surface area contributed by atoms with E-state index < -0.39 is 0 Å². The molecule has 1 saturated heterocycles. The van der Waals surface area contributed by atoms with E-state index in [1.807, 2.05) is 25.7 Å². The monoisotopic (exact) mass is 327 g/mol. The van der Waals surface area contributed by atoms with Crippen molar-refractivity contribution in [2.45, 2.75) is 43.7 Å². The Morgan fingerprint density at radius 3 is 2.20 bits per heavy atom. The van der Waals surface area contributed by atoms with Gasteiger partial charge in [-0.05, 0) is 0 Å². The number of carbonyl (C=O) groups excluding carboxylic acids is 1. The van der Waals surface area contributed by atoms with Gasteiger partial charge in [-0.1, -0.05) is 0 Å². The summed E-state index contributed by atoms with van der Waals surface area (Å²) in [4.78, 5) is 13.5. The molecule has 15 heavy (non-hydrogen) atoms. The van der Waals surface area contributed by atoms with Gasteiger partial charge in [-0.25, -0.2) is 0 Å². The van der Waals surface area contributed by atoms with Gasteiger partial charge in [0.2, 0.25) is 0 Å². The third-order valence-electron chi connectivity index (χ3n) is 2.27. The van der Waals surface area contributed by atoms with Gasteiger partial charge in [0.15, 0.2) is 0 Å². The van der Waals surface area contributed by atoms with E-state index in [1.54, 1.807) is 0 Å². The van der Waals surface area contributed by atoms with Crippen LogP contribution in [0.4, 0.5) is 4.79 Å². The van der Waals surface area contributed by atoms with Gasteiger partial charge in [0.1, 0.15) is 0 Å². The van der Waals surface area contributed by atoms with Crippen molar-refractivity contribution < 1.29 is 44.8 Å². The summed E-state index contributed by atoms with van der Waals surface area (Å²) >= 11 is 1.35. The third kappa shape index (κ3) is 5.86. The van der Waals surface area contributed by atoms with E-state index in [4.69, 9.17) is 4.74 Å². The fourth-order valence-corrected chi connectivity index (χ4v) is 2.21. The van der Waals surface area contributed by atoms with E-state index in [1.165, 1.54) is 18.3 Å². The maximum atomic E-state index is 11.6. The van der Waals surface area contributed by atoms with E-state index in [0.29, 0.717) is 0 Å². The van der Waals surface area contributed by atoms with Crippen molar-refractivity contribution in [3.8, 4) is 0 Å². The molecular weight excluding hydrogens is 311 g/mol. The van der Waals surface area contributed by atoms with Crippen LogP contribution in [0.15, 0.2) is 0 Å². The standard InChI is InChI=1S/C10H18NO2.BrH.Zn/c1-10(2,3)13-9(12)11-7-5-4-6-8-11;;/h4H,5-8H2,1-3H3;1H;/q;;+1/p-1. The normalized spacial score (nSPS) is 18.3. The quantitative estimate of drug-likeness (QED) is 0.553. The molecule has 0 aromatic carbocycles. The van der Waals surface area contributed by atoms with Crippen molar-refractivity contribution >= 4 is 6.09 Å². The molecule has 1 aliphatic heterocycles. The van der Waals surface area contributed by atoms with Gasteiger partial charge in [-0.2, -0.15) is 0 Å². The number of piperidine rings is 1. The van der Waals surface area contributed by atoms with Crippen LogP contribution in [0.1, 0.15) is 33.6 Å². The molecular formula is C10H18BrNO2Zn. The minimum atomic E-state index is -0.367. The van der Waals surface area contributed by atoms with Crippen LogP contribution in [0.5, 0.6) is 0 Å². The number of rotatable bonds is 0. The molecule has 0 bridgehead atoms. The number of carbonyl (C=O) groups is 1. The second kappa shape index (κ2) is 6.19. The molecule has 0 aliphatic carbocycles. The van der Waals surface area contributed by atoms with Crippen LogP contribution >= 0.6 is 0 Å². The molecule has 1 amide bonds. The molecule has 0 aromatic heterocycles. The van der Waals surface area contributed by atoms with Crippen LogP contribution in [0.2, 0.25) is 4.51 Å². The first-order valence-electron chi connectivity index (χ1n) is 5.19. The zero-order valence-electron chi connectivity index (χ0n) is 9.75. The average molecular weight is 330 g/mol. The molecule has 0 N–H and O–H groups in total. The van der Waals surface area contributed by atoms with Crippen LogP contribution in [0, 0.1) is 0 Å². The summed E-state index contributed by atoms with van der Waals surface area (Å²) in [6.45, 7) is 7.47. The maximum absolute atomic E-state index is 11.6. The zero-order valence-corrected chi connectivity index (χ0v) is 14.3. The SMILES string of the molecule is CC(C)(C)OC(=O)N1CC[CH]([Zn+])CC1.[Br-]. The molecule has 0 spiro atoms. The van der Waals surface area contributed by atoms with Crippen LogP contribution in [-0.4, -0.2) is 29.7 Å². The van der Waals surface area contributed by atoms with Gasteiger partial charge >= 0.3 is 95.6 Å². The summed E-state index contributed by atoms with van der Waals surface area (Å²) in [6.07, 6.45) is 2.16. The zero-order chi connectivity index (χ0) is 10.8. The van der Waals surface area contributed by atoms with Crippen molar-refractivity contribution in [1.82, 2.24) is 4.90 Å². The largest absolute Gasteiger partial charge is 1.00 e. The molecule has 0 saturated carbocycles. The van der Waals surface area contributed by atoms with Gasteiger partial charge in [0.05, 0.1) is 0 Å². The number of ether oxygens (including phenoxy) is 1. The average Bonchev–Trinajstić information content (AvgIpc) is 2.02. The van der Waals surface area contributed by atoms with Crippen molar-refractivity contribution in [3.63, 3.8) is 0 Å². The van der Waals surface area contributed by atoms with E-state index in [9.17, 15) is 4.79 Å². The van der Waals surface area contributed by atoms with Crippen LogP contribution < -0.4 is 17.0 Å². The Kier molecular flexibility index (Phi) is 6.35. The topological polar surface area (TPSA) is 29.5 Å². The second-order valence-corrected chi connectivity index (χ2v) is 7.33. The molecule has 5 heteroatoms. The van der Waals surface area contributed by atoms with Crippen LogP contribution in [0.3, 0.4) is 0 Å². The molecule has 84 valence electrons. The van der Waals surface area contributed by atoms with Crippen molar-refractivity contribution in [2.24, 2.45) is 0 Å². The molecule has 0 aromatic rings. The number of halogens is 1. The summed E-state index contributed by atoms with van der Waals surface area (Å²) in [5.74, 6) is 0. The maximum Gasteiger partial charge on any atom is -1.00 e. The molecule has 0 unspecified atom stereocenters. The van der Waals surface area contributed by atoms with Gasteiger partial charge in [-0.15, -0.1) is 0 Å². The molecule has 1 fully saturated rings. The Balaban J connectivity index is 0.00000196. The molecule has 1 heterocycles. The first-order valence-corrected chi connectivity index (χ1v) is 6.91. The summed E-state index contributed by atoms with van der Waals surface area (Å²) < 4.78 is 6.18. The molecule has 0 radical (unpaired) electrons. The fraction of sp³-hybridized carbons (Fsp3) is 0.900. The Labute approximate surface area is 112 Å². The Bertz CT molecular complexity index is 210. The molecule has 1 aliphatic rings. The summed E-state index contributed by atoms with van der Waals surface area (Å²) in [5.41, 5.74) is -0.367. The first kappa shape index (κ1) is 15.4. The third-order valence-corrected chi connectivity index (χ3v) is 3.98. The van der Waals surface area contributed by atoms with E-state index >= 15 is 0 Å². The predicted octanol–water partition coefficient (Wildman–Crippen LogP) is -0.643. The van der Waals surface area contributed by atoms with Crippen molar-refractivity contribution in [1.29, 1.82) is 0 Å². The minimum Gasteiger partial charge on any atom is -1.00 e. The van der Waals surface area contributed by atoms with Crippen LogP contribution in [-0.2, 0) is 23.0 Å². The summed E-state index contributed by atoms with van der Waals surface area (Å²) in [5, 5.41) is 0. The van der Waals surface area contributed by atoms with Crippen molar-refractivity contribution in [3.05, 3.63) is 0 Å². The summed E-state index contributed by atoms with van der Waals surface area (Å²) in [6, 6.07) is 0. The number of hydrogen-bond donors (Lipinski definition) is 0. The van der Waals surface area contributed by atoms with Crippen molar-refractivity contribution in [2.75, 3.05) is 13.1 Å². The molecule has 0 atom stereocenters. The van der Waals surface area contributed by atoms with E-state index in [2.05, 4.69) is 0 Å². The number of amides is 1. The Morgan fingerprint density at radius 1 is 1.33 bits per heavy atom. The number of hydrogen-bond acceptors (Lipinski definition) is 2. The minimum absolute atomic E-state index is 0. The van der Waals surface area contributed by atoms with Crippen LogP contribution in [0.25, 0.3) is 0 Å². The molecule has 3 nitrogen and oxygen atoms in total. The Morgan fingerprint density at radius 2 is 1.80 bits per heavy atom. The number of likely N-dealkylation sites (tertiary alicyclic amines) is 1.